The molecule has 0 fully saturated rings. The van der Waals surface area contributed by atoms with Gasteiger partial charge in [0.05, 0.1) is 6.61 Å². The van der Waals surface area contributed by atoms with Gasteiger partial charge in [-0.05, 0) is 24.1 Å². The Morgan fingerprint density at radius 1 is 1.35 bits per heavy atom. The average molecular weight is 274 g/mol. The third-order valence-electron chi connectivity index (χ3n) is 2.87. The van der Waals surface area contributed by atoms with E-state index in [-0.39, 0.29) is 5.91 Å². The van der Waals surface area contributed by atoms with Crippen molar-refractivity contribution >= 4 is 5.91 Å². The molecule has 0 aliphatic heterocycles. The Balaban J connectivity index is 1.73. The summed E-state index contributed by atoms with van der Waals surface area (Å²) in [7, 11) is 1.65. The van der Waals surface area contributed by atoms with E-state index in [1.807, 2.05) is 12.1 Å². The number of rotatable bonds is 7. The predicted octanol–water partition coefficient (Wildman–Crippen LogP) is 1.31. The first kappa shape index (κ1) is 14.2. The summed E-state index contributed by atoms with van der Waals surface area (Å²) in [6.45, 7) is 1.17. The van der Waals surface area contributed by atoms with E-state index in [2.05, 4.69) is 20.5 Å². The van der Waals surface area contributed by atoms with Gasteiger partial charge in [-0.2, -0.15) is 5.10 Å². The van der Waals surface area contributed by atoms with Gasteiger partial charge in [0.25, 0.3) is 5.91 Å². The summed E-state index contributed by atoms with van der Waals surface area (Å²) >= 11 is 0. The van der Waals surface area contributed by atoms with Gasteiger partial charge < -0.3 is 10.1 Å². The number of benzene rings is 1. The van der Waals surface area contributed by atoms with Crippen molar-refractivity contribution in [2.75, 3.05) is 13.7 Å². The molecule has 6 nitrogen and oxygen atoms in total. The molecule has 0 spiro atoms. The highest BCUT2D eigenvalue weighted by Crippen LogP contribution is 2.05. The highest BCUT2D eigenvalue weighted by atomic mass is 16.5. The number of carbonyl (C=O) groups is 1. The molecule has 0 aliphatic rings. The summed E-state index contributed by atoms with van der Waals surface area (Å²) < 4.78 is 5.03. The number of nitrogens with zero attached hydrogens (tertiary/aromatic N) is 2. The normalized spacial score (nSPS) is 10.4. The van der Waals surface area contributed by atoms with Crippen LogP contribution in [0.5, 0.6) is 0 Å². The van der Waals surface area contributed by atoms with Crippen LogP contribution in [0.3, 0.4) is 0 Å². The van der Waals surface area contributed by atoms with Gasteiger partial charge in [0.15, 0.2) is 0 Å². The highest BCUT2D eigenvalue weighted by Gasteiger charge is 2.05. The monoisotopic (exact) mass is 274 g/mol. The predicted molar refractivity (Wildman–Crippen MR) is 74.2 cm³/mol. The number of H-pyrrole nitrogens is 1. The number of aryl methyl sites for hydroxylation is 1. The number of aromatic amines is 1. The molecule has 1 amide bonds. The van der Waals surface area contributed by atoms with Crippen molar-refractivity contribution in [3.05, 3.63) is 47.5 Å². The van der Waals surface area contributed by atoms with Crippen LogP contribution < -0.4 is 5.32 Å². The Morgan fingerprint density at radius 2 is 2.15 bits per heavy atom. The molecule has 0 aliphatic carbocycles. The van der Waals surface area contributed by atoms with Gasteiger partial charge in [-0.1, -0.05) is 12.1 Å². The average Bonchev–Trinajstić information content (AvgIpc) is 2.98. The second kappa shape index (κ2) is 7.40. The van der Waals surface area contributed by atoms with E-state index < -0.39 is 0 Å². The molecule has 1 aromatic heterocycles. The Hall–Kier alpha value is -2.21. The zero-order valence-corrected chi connectivity index (χ0v) is 11.4. The van der Waals surface area contributed by atoms with Gasteiger partial charge in [0.1, 0.15) is 12.2 Å². The van der Waals surface area contributed by atoms with Crippen molar-refractivity contribution in [2.45, 2.75) is 19.4 Å². The minimum atomic E-state index is -0.0634. The van der Waals surface area contributed by atoms with Crippen LogP contribution >= 0.6 is 0 Å². The molecular formula is C14H18N4O2. The molecule has 2 rings (SSSR count). The smallest absolute Gasteiger partial charge is 0.251 e. The van der Waals surface area contributed by atoms with Crippen LogP contribution in [0.1, 0.15) is 28.2 Å². The second-order valence-corrected chi connectivity index (χ2v) is 4.42. The largest absolute Gasteiger partial charge is 0.380 e. The zero-order valence-electron chi connectivity index (χ0n) is 11.4. The Kier molecular flexibility index (Phi) is 5.25. The lowest BCUT2D eigenvalue weighted by atomic mass is 10.1. The number of hydrogen-bond donors (Lipinski definition) is 2. The molecule has 1 aromatic carbocycles. The first-order chi connectivity index (χ1) is 9.79. The minimum Gasteiger partial charge on any atom is -0.380 e. The number of methoxy groups -OCH3 is 1. The fourth-order valence-corrected chi connectivity index (χ4v) is 1.83. The van der Waals surface area contributed by atoms with Crippen molar-refractivity contribution in [2.24, 2.45) is 0 Å². The summed E-state index contributed by atoms with van der Waals surface area (Å²) in [6, 6.07) is 7.40. The van der Waals surface area contributed by atoms with Gasteiger partial charge >= 0.3 is 0 Å². The van der Waals surface area contributed by atoms with E-state index in [1.54, 1.807) is 19.2 Å². The number of aromatic nitrogens is 3. The highest BCUT2D eigenvalue weighted by molar-refractivity contribution is 5.94. The van der Waals surface area contributed by atoms with Gasteiger partial charge in [-0.25, -0.2) is 4.98 Å². The summed E-state index contributed by atoms with van der Waals surface area (Å²) in [5.41, 5.74) is 1.71. The van der Waals surface area contributed by atoms with Gasteiger partial charge in [0, 0.05) is 25.6 Å². The summed E-state index contributed by atoms with van der Waals surface area (Å²) in [5.74, 6) is 0.773. The quantitative estimate of drug-likeness (QED) is 0.746. The fourth-order valence-electron chi connectivity index (χ4n) is 1.83. The molecule has 106 valence electrons. The lowest BCUT2D eigenvalue weighted by Gasteiger charge is -2.05. The number of hydrogen-bond acceptors (Lipinski definition) is 4. The Morgan fingerprint density at radius 3 is 2.80 bits per heavy atom. The topological polar surface area (TPSA) is 79.9 Å². The van der Waals surface area contributed by atoms with Crippen molar-refractivity contribution in [3.8, 4) is 0 Å². The molecule has 1 heterocycles. The lowest BCUT2D eigenvalue weighted by molar-refractivity contribution is 0.0953. The molecule has 0 saturated carbocycles. The molecule has 0 saturated heterocycles. The van der Waals surface area contributed by atoms with E-state index in [0.717, 1.165) is 24.2 Å². The molecule has 2 aromatic rings. The van der Waals surface area contributed by atoms with E-state index in [9.17, 15) is 4.79 Å². The van der Waals surface area contributed by atoms with Gasteiger partial charge in [0.2, 0.25) is 0 Å². The van der Waals surface area contributed by atoms with Crippen LogP contribution in [0.25, 0.3) is 0 Å². The molecule has 0 bridgehead atoms. The van der Waals surface area contributed by atoms with Crippen LogP contribution in [0.4, 0.5) is 0 Å². The zero-order chi connectivity index (χ0) is 14.2. The Labute approximate surface area is 117 Å². The molecule has 2 N–H and O–H groups in total. The maximum absolute atomic E-state index is 11.9. The maximum Gasteiger partial charge on any atom is 0.251 e. The molecular weight excluding hydrogens is 256 g/mol. The number of carbonyl (C=O) groups excluding carboxylic acids is 1. The fraction of sp³-hybridized carbons (Fsp3) is 0.357. The molecule has 0 unspecified atom stereocenters. The van der Waals surface area contributed by atoms with Crippen molar-refractivity contribution in [1.29, 1.82) is 0 Å². The summed E-state index contributed by atoms with van der Waals surface area (Å²) in [5, 5.41) is 9.44. The van der Waals surface area contributed by atoms with Crippen LogP contribution in [0.15, 0.2) is 30.6 Å². The Bertz CT molecular complexity index is 523. The number of amides is 1. The first-order valence-electron chi connectivity index (χ1n) is 6.50. The summed E-state index contributed by atoms with van der Waals surface area (Å²) in [4.78, 5) is 15.9. The van der Waals surface area contributed by atoms with Crippen molar-refractivity contribution < 1.29 is 9.53 Å². The molecule has 0 atom stereocenters. The SMILES string of the molecule is COCc1ccc(C(=O)NCCCc2ncn[nH]2)cc1. The van der Waals surface area contributed by atoms with E-state index in [0.29, 0.717) is 18.7 Å². The number of nitrogens with one attached hydrogen (secondary N) is 2. The van der Waals surface area contributed by atoms with Gasteiger partial charge in [-0.15, -0.1) is 0 Å². The summed E-state index contributed by atoms with van der Waals surface area (Å²) in [6.07, 6.45) is 3.07. The first-order valence-corrected chi connectivity index (χ1v) is 6.50. The third-order valence-corrected chi connectivity index (χ3v) is 2.87. The second-order valence-electron chi connectivity index (χ2n) is 4.42. The maximum atomic E-state index is 11.9. The van der Waals surface area contributed by atoms with Crippen LogP contribution in [-0.2, 0) is 17.8 Å². The minimum absolute atomic E-state index is 0.0634. The van der Waals surface area contributed by atoms with E-state index in [1.165, 1.54) is 6.33 Å². The van der Waals surface area contributed by atoms with Crippen LogP contribution in [-0.4, -0.2) is 34.7 Å². The van der Waals surface area contributed by atoms with Crippen LogP contribution in [0, 0.1) is 0 Å². The number of ether oxygens (including phenoxy) is 1. The van der Waals surface area contributed by atoms with E-state index in [4.69, 9.17) is 4.74 Å². The molecule has 6 heteroatoms. The third kappa shape index (κ3) is 4.17. The van der Waals surface area contributed by atoms with Crippen molar-refractivity contribution in [1.82, 2.24) is 20.5 Å². The lowest BCUT2D eigenvalue weighted by Crippen LogP contribution is -2.24. The van der Waals surface area contributed by atoms with E-state index >= 15 is 0 Å². The molecule has 0 radical (unpaired) electrons. The van der Waals surface area contributed by atoms with Crippen molar-refractivity contribution in [3.63, 3.8) is 0 Å². The standard InChI is InChI=1S/C14H18N4O2/c1-20-9-11-4-6-12(7-5-11)14(19)15-8-2-3-13-16-10-17-18-13/h4-7,10H,2-3,8-9H2,1H3,(H,15,19)(H,16,17,18). The molecule has 20 heavy (non-hydrogen) atoms. The van der Waals surface area contributed by atoms with Gasteiger partial charge in [-0.3, -0.25) is 9.89 Å². The van der Waals surface area contributed by atoms with Crippen LogP contribution in [0.2, 0.25) is 0 Å².